The van der Waals surface area contributed by atoms with Gasteiger partial charge in [0, 0.05) is 6.04 Å². The first-order valence-corrected chi connectivity index (χ1v) is 7.08. The minimum Gasteiger partial charge on any atom is -0.271 e. The van der Waals surface area contributed by atoms with Crippen molar-refractivity contribution in [3.05, 3.63) is 19.9 Å². The summed E-state index contributed by atoms with van der Waals surface area (Å²) in [5, 5.41) is 2.19. The molecule has 1 aromatic rings. The Morgan fingerprint density at radius 1 is 1.53 bits per heavy atom. The van der Waals surface area contributed by atoms with Crippen molar-refractivity contribution in [1.29, 1.82) is 0 Å². The predicted molar refractivity (Wildman–Crippen MR) is 75.8 cm³/mol. The van der Waals surface area contributed by atoms with E-state index in [1.54, 1.807) is 11.3 Å². The van der Waals surface area contributed by atoms with Gasteiger partial charge in [-0.2, -0.15) is 0 Å². The molecule has 4 heteroatoms. The standard InChI is InChI=1S/C11H19IN2S/c1-11(2,3)5-4-9(14-13)8-6-10(12)15-7-8/h6-7,9,14H,4-5,13H2,1-3H3. The lowest BCUT2D eigenvalue weighted by molar-refractivity contribution is 0.333. The molecule has 15 heavy (non-hydrogen) atoms. The van der Waals surface area contributed by atoms with Gasteiger partial charge in [0.15, 0.2) is 0 Å². The van der Waals surface area contributed by atoms with Crippen LogP contribution in [-0.4, -0.2) is 0 Å². The zero-order chi connectivity index (χ0) is 11.5. The normalized spacial score (nSPS) is 14.2. The van der Waals surface area contributed by atoms with Crippen molar-refractivity contribution >= 4 is 33.9 Å². The number of hydrogen-bond acceptors (Lipinski definition) is 3. The van der Waals surface area contributed by atoms with Gasteiger partial charge in [-0.15, -0.1) is 11.3 Å². The molecule has 1 aromatic heterocycles. The molecule has 0 amide bonds. The molecule has 0 aliphatic rings. The van der Waals surface area contributed by atoms with Crippen LogP contribution < -0.4 is 11.3 Å². The monoisotopic (exact) mass is 338 g/mol. The zero-order valence-corrected chi connectivity index (χ0v) is 12.5. The topological polar surface area (TPSA) is 38.0 Å². The lowest BCUT2D eigenvalue weighted by Gasteiger charge is -2.22. The summed E-state index contributed by atoms with van der Waals surface area (Å²) >= 11 is 4.12. The van der Waals surface area contributed by atoms with Gasteiger partial charge >= 0.3 is 0 Å². The van der Waals surface area contributed by atoms with E-state index < -0.39 is 0 Å². The Kier molecular flexibility index (Phi) is 5.02. The molecule has 1 rings (SSSR count). The van der Waals surface area contributed by atoms with Crippen LogP contribution in [0, 0.1) is 8.30 Å². The number of nitrogens with two attached hydrogens (primary N) is 1. The molecule has 1 heterocycles. The molecule has 0 radical (unpaired) electrons. The van der Waals surface area contributed by atoms with Crippen molar-refractivity contribution in [2.45, 2.75) is 39.7 Å². The van der Waals surface area contributed by atoms with E-state index in [9.17, 15) is 0 Å². The van der Waals surface area contributed by atoms with Gasteiger partial charge in [0.05, 0.1) is 2.88 Å². The number of thiophene rings is 1. The quantitative estimate of drug-likeness (QED) is 0.499. The number of nitrogens with one attached hydrogen (secondary N) is 1. The molecule has 0 aliphatic carbocycles. The fourth-order valence-corrected chi connectivity index (χ4v) is 2.86. The first-order valence-electron chi connectivity index (χ1n) is 5.12. The summed E-state index contributed by atoms with van der Waals surface area (Å²) in [7, 11) is 0. The molecule has 0 saturated heterocycles. The maximum absolute atomic E-state index is 5.60. The molecule has 86 valence electrons. The van der Waals surface area contributed by atoms with Crippen LogP contribution in [0.15, 0.2) is 11.4 Å². The molecule has 0 saturated carbocycles. The molecular formula is C11H19IN2S. The van der Waals surface area contributed by atoms with Crippen LogP contribution in [0.3, 0.4) is 0 Å². The highest BCUT2D eigenvalue weighted by Gasteiger charge is 2.16. The summed E-state index contributed by atoms with van der Waals surface area (Å²) in [5.41, 5.74) is 4.60. The van der Waals surface area contributed by atoms with Gasteiger partial charge in [0.25, 0.3) is 0 Å². The number of hydrazine groups is 1. The molecule has 2 nitrogen and oxygen atoms in total. The first kappa shape index (κ1) is 13.4. The molecule has 0 fully saturated rings. The van der Waals surface area contributed by atoms with Gasteiger partial charge in [-0.1, -0.05) is 20.8 Å². The molecule has 1 atom stereocenters. The Bertz CT molecular complexity index is 304. The van der Waals surface area contributed by atoms with Crippen molar-refractivity contribution in [3.8, 4) is 0 Å². The van der Waals surface area contributed by atoms with E-state index in [4.69, 9.17) is 5.84 Å². The predicted octanol–water partition coefficient (Wildman–Crippen LogP) is 3.68. The third-order valence-electron chi connectivity index (χ3n) is 2.37. The highest BCUT2D eigenvalue weighted by molar-refractivity contribution is 14.1. The third kappa shape index (κ3) is 4.80. The minimum atomic E-state index is 0.295. The van der Waals surface area contributed by atoms with Crippen LogP contribution in [0.1, 0.15) is 45.2 Å². The van der Waals surface area contributed by atoms with Crippen molar-refractivity contribution in [1.82, 2.24) is 5.43 Å². The Hall–Kier alpha value is 0.350. The van der Waals surface area contributed by atoms with E-state index in [0.29, 0.717) is 11.5 Å². The van der Waals surface area contributed by atoms with Crippen molar-refractivity contribution in [2.75, 3.05) is 0 Å². The van der Waals surface area contributed by atoms with E-state index >= 15 is 0 Å². The first-order chi connectivity index (χ1) is 6.92. The van der Waals surface area contributed by atoms with Gasteiger partial charge in [-0.3, -0.25) is 11.3 Å². The van der Waals surface area contributed by atoms with E-state index in [2.05, 4.69) is 60.2 Å². The minimum absolute atomic E-state index is 0.295. The second kappa shape index (κ2) is 5.61. The summed E-state index contributed by atoms with van der Waals surface area (Å²) in [6.07, 6.45) is 2.26. The highest BCUT2D eigenvalue weighted by atomic mass is 127. The van der Waals surface area contributed by atoms with E-state index in [1.165, 1.54) is 14.9 Å². The van der Waals surface area contributed by atoms with Crippen LogP contribution >= 0.6 is 33.9 Å². The summed E-state index contributed by atoms with van der Waals surface area (Å²) < 4.78 is 1.32. The van der Waals surface area contributed by atoms with Crippen molar-refractivity contribution < 1.29 is 0 Å². The number of halogens is 1. The van der Waals surface area contributed by atoms with Gasteiger partial charge in [0.1, 0.15) is 0 Å². The second-order valence-corrected chi connectivity index (χ2v) is 7.81. The van der Waals surface area contributed by atoms with Crippen LogP contribution in [0.25, 0.3) is 0 Å². The molecule has 0 aliphatic heterocycles. The Morgan fingerprint density at radius 3 is 2.60 bits per heavy atom. The molecule has 0 aromatic carbocycles. The maximum atomic E-state index is 5.60. The number of hydrogen-bond donors (Lipinski definition) is 2. The third-order valence-corrected chi connectivity index (χ3v) is 4.18. The zero-order valence-electron chi connectivity index (χ0n) is 9.51. The lowest BCUT2D eigenvalue weighted by Crippen LogP contribution is -2.28. The Morgan fingerprint density at radius 2 is 2.20 bits per heavy atom. The number of rotatable bonds is 4. The van der Waals surface area contributed by atoms with Gasteiger partial charge in [-0.25, -0.2) is 0 Å². The summed E-state index contributed by atoms with van der Waals surface area (Å²) in [4.78, 5) is 0. The molecule has 0 spiro atoms. The largest absolute Gasteiger partial charge is 0.271 e. The van der Waals surface area contributed by atoms with Gasteiger partial charge < -0.3 is 0 Å². The fraction of sp³-hybridized carbons (Fsp3) is 0.636. The van der Waals surface area contributed by atoms with Crippen molar-refractivity contribution in [2.24, 2.45) is 11.3 Å². The van der Waals surface area contributed by atoms with Crippen LogP contribution in [-0.2, 0) is 0 Å². The molecule has 1 unspecified atom stereocenters. The average Bonchev–Trinajstić information content (AvgIpc) is 2.51. The lowest BCUT2D eigenvalue weighted by atomic mass is 9.88. The van der Waals surface area contributed by atoms with E-state index in [-0.39, 0.29) is 0 Å². The summed E-state index contributed by atoms with van der Waals surface area (Å²) in [5.74, 6) is 5.60. The molecular weight excluding hydrogens is 319 g/mol. The molecule has 3 N–H and O–H groups in total. The molecule has 0 bridgehead atoms. The van der Waals surface area contributed by atoms with Gasteiger partial charge in [-0.05, 0) is 57.9 Å². The Labute approximate surface area is 110 Å². The van der Waals surface area contributed by atoms with Crippen molar-refractivity contribution in [3.63, 3.8) is 0 Å². The highest BCUT2D eigenvalue weighted by Crippen LogP contribution is 2.29. The van der Waals surface area contributed by atoms with E-state index in [0.717, 1.165) is 6.42 Å². The average molecular weight is 338 g/mol. The Balaban J connectivity index is 2.57. The van der Waals surface area contributed by atoms with Crippen LogP contribution in [0.4, 0.5) is 0 Å². The maximum Gasteiger partial charge on any atom is 0.0656 e. The van der Waals surface area contributed by atoms with Crippen LogP contribution in [0.2, 0.25) is 0 Å². The summed E-state index contributed by atoms with van der Waals surface area (Å²) in [6, 6.07) is 2.50. The smallest absolute Gasteiger partial charge is 0.0656 e. The SMILES string of the molecule is CC(C)(C)CCC(NN)c1csc(I)c1. The van der Waals surface area contributed by atoms with Gasteiger partial charge in [0.2, 0.25) is 0 Å². The summed E-state index contributed by atoms with van der Waals surface area (Å²) in [6.45, 7) is 6.79. The van der Waals surface area contributed by atoms with Crippen LogP contribution in [0.5, 0.6) is 0 Å². The fourth-order valence-electron chi connectivity index (χ4n) is 1.43. The van der Waals surface area contributed by atoms with E-state index in [1.807, 2.05) is 0 Å². The second-order valence-electron chi connectivity index (χ2n) is 5.00.